The zero-order valence-electron chi connectivity index (χ0n) is 11.6. The average molecular weight is 295 g/mol. The topological polar surface area (TPSA) is 104 Å². The molecule has 0 spiro atoms. The molecule has 0 radical (unpaired) electrons. The molecule has 0 saturated carbocycles. The first-order valence-electron chi connectivity index (χ1n) is 6.01. The van der Waals surface area contributed by atoms with Gasteiger partial charge in [0.05, 0.1) is 23.1 Å². The Morgan fingerprint density at radius 3 is 2.45 bits per heavy atom. The van der Waals surface area contributed by atoms with Crippen molar-refractivity contribution in [1.29, 1.82) is 5.26 Å². The van der Waals surface area contributed by atoms with E-state index < -0.39 is 22.0 Å². The van der Waals surface area contributed by atoms with Crippen LogP contribution in [0.4, 0.5) is 0 Å². The number of sulfonamides is 1. The van der Waals surface area contributed by atoms with Gasteiger partial charge >= 0.3 is 0 Å². The third kappa shape index (κ3) is 3.35. The first kappa shape index (κ1) is 16.1. The molecular weight excluding hydrogens is 278 g/mol. The van der Waals surface area contributed by atoms with Crippen LogP contribution in [0.2, 0.25) is 0 Å². The molecule has 0 aromatic heterocycles. The number of rotatable bonds is 5. The maximum atomic E-state index is 12.5. The van der Waals surface area contributed by atoms with E-state index in [1.54, 1.807) is 20.8 Å². The number of carbonyl (C=O) groups is 1. The average Bonchev–Trinajstić information content (AvgIpc) is 2.35. The van der Waals surface area contributed by atoms with E-state index in [0.29, 0.717) is 11.1 Å². The van der Waals surface area contributed by atoms with E-state index in [9.17, 15) is 13.2 Å². The lowest BCUT2D eigenvalue weighted by Crippen LogP contribution is -2.42. The van der Waals surface area contributed by atoms with E-state index in [0.717, 1.165) is 4.31 Å². The highest BCUT2D eigenvalue weighted by molar-refractivity contribution is 7.89. The second kappa shape index (κ2) is 6.03. The van der Waals surface area contributed by atoms with Crippen LogP contribution in [0.25, 0.3) is 0 Å². The summed E-state index contributed by atoms with van der Waals surface area (Å²) in [4.78, 5) is 11.1. The SMILES string of the molecule is Cc1cc(S(=O)(=O)N(CC(N)=O)C(C)C)ccc1C#N. The van der Waals surface area contributed by atoms with Gasteiger partial charge in [0.2, 0.25) is 15.9 Å². The first-order valence-corrected chi connectivity index (χ1v) is 7.45. The minimum atomic E-state index is -3.82. The number of nitriles is 1. The van der Waals surface area contributed by atoms with E-state index in [2.05, 4.69) is 0 Å². The lowest BCUT2D eigenvalue weighted by atomic mass is 10.1. The maximum Gasteiger partial charge on any atom is 0.243 e. The Labute approximate surface area is 118 Å². The predicted octanol–water partition coefficient (Wildman–Crippen LogP) is 0.751. The number of primary amides is 1. The highest BCUT2D eigenvalue weighted by Gasteiger charge is 2.28. The van der Waals surface area contributed by atoms with Crippen molar-refractivity contribution in [2.45, 2.75) is 31.7 Å². The number of hydrogen-bond donors (Lipinski definition) is 1. The number of aryl methyl sites for hydroxylation is 1. The van der Waals surface area contributed by atoms with Crippen molar-refractivity contribution in [2.24, 2.45) is 5.73 Å². The van der Waals surface area contributed by atoms with Crippen molar-refractivity contribution >= 4 is 15.9 Å². The van der Waals surface area contributed by atoms with Gasteiger partial charge in [0, 0.05) is 6.04 Å². The van der Waals surface area contributed by atoms with Gasteiger partial charge in [-0.15, -0.1) is 0 Å². The van der Waals surface area contributed by atoms with Crippen molar-refractivity contribution in [3.05, 3.63) is 29.3 Å². The molecule has 0 aliphatic carbocycles. The molecule has 0 aliphatic heterocycles. The lowest BCUT2D eigenvalue weighted by Gasteiger charge is -2.24. The third-order valence-electron chi connectivity index (χ3n) is 2.81. The molecule has 0 fully saturated rings. The second-order valence-corrected chi connectivity index (χ2v) is 6.59. The van der Waals surface area contributed by atoms with Crippen LogP contribution in [0.3, 0.4) is 0 Å². The molecule has 6 nitrogen and oxygen atoms in total. The Balaban J connectivity index is 3.30. The van der Waals surface area contributed by atoms with Crippen LogP contribution < -0.4 is 5.73 Å². The highest BCUT2D eigenvalue weighted by Crippen LogP contribution is 2.20. The fourth-order valence-corrected chi connectivity index (χ4v) is 3.44. The van der Waals surface area contributed by atoms with Gasteiger partial charge in [0.1, 0.15) is 0 Å². The number of benzene rings is 1. The van der Waals surface area contributed by atoms with Gasteiger partial charge in [-0.1, -0.05) is 0 Å². The van der Waals surface area contributed by atoms with E-state index in [-0.39, 0.29) is 11.4 Å². The Bertz CT molecular complexity index is 660. The minimum Gasteiger partial charge on any atom is -0.369 e. The van der Waals surface area contributed by atoms with E-state index in [1.165, 1.54) is 18.2 Å². The summed E-state index contributed by atoms with van der Waals surface area (Å²) < 4.78 is 26.0. The fraction of sp³-hybridized carbons (Fsp3) is 0.385. The Kier molecular flexibility index (Phi) is 4.87. The molecule has 1 rings (SSSR count). The van der Waals surface area contributed by atoms with Gasteiger partial charge in [0.25, 0.3) is 0 Å². The molecule has 0 saturated heterocycles. The van der Waals surface area contributed by atoms with Crippen LogP contribution in [-0.2, 0) is 14.8 Å². The molecule has 0 heterocycles. The molecule has 20 heavy (non-hydrogen) atoms. The maximum absolute atomic E-state index is 12.5. The molecule has 1 amide bonds. The van der Waals surface area contributed by atoms with Gasteiger partial charge in [-0.25, -0.2) is 8.42 Å². The van der Waals surface area contributed by atoms with Gasteiger partial charge in [0.15, 0.2) is 0 Å². The molecule has 0 atom stereocenters. The summed E-state index contributed by atoms with van der Waals surface area (Å²) in [5, 5.41) is 8.86. The van der Waals surface area contributed by atoms with Crippen LogP contribution in [0.15, 0.2) is 23.1 Å². The first-order chi connectivity index (χ1) is 9.20. The summed E-state index contributed by atoms with van der Waals surface area (Å²) in [7, 11) is -3.82. The van der Waals surface area contributed by atoms with Crippen LogP contribution in [0, 0.1) is 18.3 Å². The Morgan fingerprint density at radius 2 is 2.05 bits per heavy atom. The van der Waals surface area contributed by atoms with Crippen molar-refractivity contribution in [3.8, 4) is 6.07 Å². The standard InChI is InChI=1S/C13H17N3O3S/c1-9(2)16(8-13(15)17)20(18,19)12-5-4-11(7-14)10(3)6-12/h4-6,9H,8H2,1-3H3,(H2,15,17). The number of hydrogen-bond acceptors (Lipinski definition) is 4. The van der Waals surface area contributed by atoms with Gasteiger partial charge in [-0.3, -0.25) is 4.79 Å². The summed E-state index contributed by atoms with van der Waals surface area (Å²) in [6.45, 7) is 4.61. The van der Waals surface area contributed by atoms with E-state index >= 15 is 0 Å². The van der Waals surface area contributed by atoms with Crippen molar-refractivity contribution in [1.82, 2.24) is 4.31 Å². The molecule has 7 heteroatoms. The molecule has 2 N–H and O–H groups in total. The predicted molar refractivity (Wildman–Crippen MR) is 74.1 cm³/mol. The van der Waals surface area contributed by atoms with E-state index in [1.807, 2.05) is 6.07 Å². The summed E-state index contributed by atoms with van der Waals surface area (Å²) >= 11 is 0. The van der Waals surface area contributed by atoms with Gasteiger partial charge in [-0.2, -0.15) is 9.57 Å². The molecule has 1 aromatic carbocycles. The summed E-state index contributed by atoms with van der Waals surface area (Å²) in [5.41, 5.74) is 6.07. The molecule has 1 aromatic rings. The number of nitrogens with two attached hydrogens (primary N) is 1. The van der Waals surface area contributed by atoms with Gasteiger partial charge < -0.3 is 5.73 Å². The summed E-state index contributed by atoms with van der Waals surface area (Å²) in [5.74, 6) is -0.715. The number of amides is 1. The Morgan fingerprint density at radius 1 is 1.45 bits per heavy atom. The lowest BCUT2D eigenvalue weighted by molar-refractivity contribution is -0.118. The summed E-state index contributed by atoms with van der Waals surface area (Å²) in [6, 6.07) is 5.80. The van der Waals surface area contributed by atoms with Crippen molar-refractivity contribution in [3.63, 3.8) is 0 Å². The smallest absolute Gasteiger partial charge is 0.243 e. The van der Waals surface area contributed by atoms with E-state index in [4.69, 9.17) is 11.0 Å². The van der Waals surface area contributed by atoms with Crippen LogP contribution in [0.1, 0.15) is 25.0 Å². The fourth-order valence-electron chi connectivity index (χ4n) is 1.76. The highest BCUT2D eigenvalue weighted by atomic mass is 32.2. The minimum absolute atomic E-state index is 0.0453. The van der Waals surface area contributed by atoms with Crippen molar-refractivity contribution < 1.29 is 13.2 Å². The van der Waals surface area contributed by atoms with Gasteiger partial charge in [-0.05, 0) is 44.5 Å². The number of nitrogens with zero attached hydrogens (tertiary/aromatic N) is 2. The molecule has 108 valence electrons. The molecular formula is C13H17N3O3S. The second-order valence-electron chi connectivity index (χ2n) is 4.70. The quantitative estimate of drug-likeness (QED) is 0.865. The molecule has 0 unspecified atom stereocenters. The summed E-state index contributed by atoms with van der Waals surface area (Å²) in [6.07, 6.45) is 0. The van der Waals surface area contributed by atoms with Crippen molar-refractivity contribution in [2.75, 3.05) is 6.54 Å². The Hall–Kier alpha value is -1.91. The zero-order valence-corrected chi connectivity index (χ0v) is 12.4. The molecule has 0 aliphatic rings. The normalized spacial score (nSPS) is 11.6. The molecule has 0 bridgehead atoms. The van der Waals surface area contributed by atoms with Crippen LogP contribution in [0.5, 0.6) is 0 Å². The van der Waals surface area contributed by atoms with Crippen LogP contribution in [-0.4, -0.2) is 31.2 Å². The number of carbonyl (C=O) groups excluding carboxylic acids is 1. The third-order valence-corrected chi connectivity index (χ3v) is 4.83. The van der Waals surface area contributed by atoms with Crippen LogP contribution >= 0.6 is 0 Å². The largest absolute Gasteiger partial charge is 0.369 e. The zero-order chi connectivity index (χ0) is 15.5. The monoisotopic (exact) mass is 295 g/mol.